The Morgan fingerprint density at radius 3 is 2.86 bits per heavy atom. The van der Waals surface area contributed by atoms with Crippen LogP contribution < -0.4 is 14.8 Å². The number of fused-ring (bicyclic) bond motifs is 1. The second-order valence-electron chi connectivity index (χ2n) is 5.41. The Morgan fingerprint density at radius 1 is 1.24 bits per heavy atom. The second-order valence-corrected chi connectivity index (χ2v) is 6.26. The minimum atomic E-state index is 0.327. The monoisotopic (exact) mass is 357 g/mol. The summed E-state index contributed by atoms with van der Waals surface area (Å²) in [5.41, 5.74) is 1.20. The summed E-state index contributed by atoms with van der Waals surface area (Å²) in [6.07, 6.45) is 2.54. The number of rotatable bonds is 8. The highest BCUT2D eigenvalue weighted by molar-refractivity contribution is 9.10. The molecule has 1 aromatic carbocycles. The Labute approximate surface area is 135 Å². The van der Waals surface area contributed by atoms with Crippen LogP contribution in [0, 0.1) is 0 Å². The third-order valence-corrected chi connectivity index (χ3v) is 3.77. The molecule has 0 atom stereocenters. The van der Waals surface area contributed by atoms with Gasteiger partial charge in [0.1, 0.15) is 13.2 Å². The molecular formula is C16H24BrNO3. The minimum absolute atomic E-state index is 0.327. The van der Waals surface area contributed by atoms with Crippen molar-refractivity contribution in [2.75, 3.05) is 26.4 Å². The fraction of sp³-hybridized carbons (Fsp3) is 0.625. The molecule has 0 unspecified atom stereocenters. The largest absolute Gasteiger partial charge is 0.486 e. The van der Waals surface area contributed by atoms with E-state index in [-0.39, 0.29) is 0 Å². The van der Waals surface area contributed by atoms with Crippen molar-refractivity contribution in [2.45, 2.75) is 39.3 Å². The van der Waals surface area contributed by atoms with E-state index in [1.807, 2.05) is 6.07 Å². The Balaban J connectivity index is 1.70. The van der Waals surface area contributed by atoms with Gasteiger partial charge in [-0.1, -0.05) is 0 Å². The average Bonchev–Trinajstić information content (AvgIpc) is 2.46. The van der Waals surface area contributed by atoms with E-state index in [1.54, 1.807) is 0 Å². The van der Waals surface area contributed by atoms with Crippen LogP contribution in [0.15, 0.2) is 16.6 Å². The van der Waals surface area contributed by atoms with Crippen molar-refractivity contribution in [3.63, 3.8) is 0 Å². The van der Waals surface area contributed by atoms with Gasteiger partial charge in [-0.25, -0.2) is 0 Å². The van der Waals surface area contributed by atoms with Crippen LogP contribution in [0.3, 0.4) is 0 Å². The van der Waals surface area contributed by atoms with Gasteiger partial charge in [0.2, 0.25) is 0 Å². The molecule has 21 heavy (non-hydrogen) atoms. The number of ether oxygens (including phenoxy) is 3. The van der Waals surface area contributed by atoms with Crippen LogP contribution in [0.1, 0.15) is 32.3 Å². The van der Waals surface area contributed by atoms with E-state index in [0.29, 0.717) is 19.3 Å². The molecule has 1 aliphatic heterocycles. The molecule has 0 aromatic heterocycles. The molecule has 0 saturated carbocycles. The molecular weight excluding hydrogens is 334 g/mol. The van der Waals surface area contributed by atoms with E-state index in [2.05, 4.69) is 41.2 Å². The topological polar surface area (TPSA) is 39.7 Å². The van der Waals surface area contributed by atoms with Gasteiger partial charge in [0.25, 0.3) is 0 Å². The average molecular weight is 358 g/mol. The zero-order valence-electron chi connectivity index (χ0n) is 12.8. The first-order valence-electron chi connectivity index (χ1n) is 7.57. The third kappa shape index (κ3) is 5.49. The first kappa shape index (κ1) is 16.6. The van der Waals surface area contributed by atoms with Gasteiger partial charge in [-0.2, -0.15) is 0 Å². The molecule has 5 heteroatoms. The lowest BCUT2D eigenvalue weighted by molar-refractivity contribution is 0.0760. The van der Waals surface area contributed by atoms with Crippen LogP contribution in [-0.4, -0.2) is 32.5 Å². The molecule has 0 aliphatic carbocycles. The van der Waals surface area contributed by atoms with Gasteiger partial charge in [-0.05, 0) is 66.9 Å². The van der Waals surface area contributed by atoms with E-state index in [0.717, 1.165) is 48.5 Å². The molecule has 0 saturated heterocycles. The lowest BCUT2D eigenvalue weighted by Gasteiger charge is -2.20. The maximum Gasteiger partial charge on any atom is 0.175 e. The van der Waals surface area contributed by atoms with Crippen molar-refractivity contribution < 1.29 is 14.2 Å². The van der Waals surface area contributed by atoms with Crippen molar-refractivity contribution in [1.29, 1.82) is 0 Å². The van der Waals surface area contributed by atoms with Crippen molar-refractivity contribution in [3.05, 3.63) is 22.2 Å². The Hall–Kier alpha value is -0.780. The number of unbranched alkanes of at least 4 members (excludes halogenated alkanes) is 1. The normalized spacial score (nSPS) is 13.7. The summed E-state index contributed by atoms with van der Waals surface area (Å²) >= 11 is 3.54. The summed E-state index contributed by atoms with van der Waals surface area (Å²) in [5.74, 6) is 1.65. The molecule has 1 heterocycles. The van der Waals surface area contributed by atoms with Crippen LogP contribution in [0.4, 0.5) is 0 Å². The minimum Gasteiger partial charge on any atom is -0.486 e. The SMILES string of the molecule is CC(C)OCCCCNCc1cc(Br)c2c(c1)OCCO2. The Morgan fingerprint density at radius 2 is 2.05 bits per heavy atom. The Bertz CT molecular complexity index is 451. The number of halogens is 1. The lowest BCUT2D eigenvalue weighted by atomic mass is 10.2. The summed E-state index contributed by atoms with van der Waals surface area (Å²) in [5, 5.41) is 3.45. The summed E-state index contributed by atoms with van der Waals surface area (Å²) in [6.45, 7) is 8.03. The maximum atomic E-state index is 5.63. The molecule has 118 valence electrons. The van der Waals surface area contributed by atoms with Gasteiger partial charge in [0.05, 0.1) is 10.6 Å². The van der Waals surface area contributed by atoms with E-state index in [1.165, 1.54) is 5.56 Å². The molecule has 0 bridgehead atoms. The van der Waals surface area contributed by atoms with Crippen LogP contribution in [0.25, 0.3) is 0 Å². The van der Waals surface area contributed by atoms with Gasteiger partial charge in [0.15, 0.2) is 11.5 Å². The highest BCUT2D eigenvalue weighted by Gasteiger charge is 2.15. The van der Waals surface area contributed by atoms with Crippen molar-refractivity contribution in [3.8, 4) is 11.5 Å². The molecule has 0 radical (unpaired) electrons. The summed E-state index contributed by atoms with van der Waals surface area (Å²) < 4.78 is 17.7. The van der Waals surface area contributed by atoms with Crippen LogP contribution >= 0.6 is 15.9 Å². The maximum absolute atomic E-state index is 5.63. The molecule has 0 spiro atoms. The van der Waals surface area contributed by atoms with Gasteiger partial charge in [-0.3, -0.25) is 0 Å². The molecule has 0 fully saturated rings. The first-order chi connectivity index (χ1) is 10.2. The van der Waals surface area contributed by atoms with E-state index in [9.17, 15) is 0 Å². The molecule has 4 nitrogen and oxygen atoms in total. The fourth-order valence-electron chi connectivity index (χ4n) is 2.17. The Kier molecular flexibility index (Phi) is 6.80. The molecule has 2 rings (SSSR count). The highest BCUT2D eigenvalue weighted by Crippen LogP contribution is 2.38. The molecule has 1 aliphatic rings. The summed E-state index contributed by atoms with van der Waals surface area (Å²) in [6, 6.07) is 4.14. The predicted molar refractivity (Wildman–Crippen MR) is 87.2 cm³/mol. The van der Waals surface area contributed by atoms with Gasteiger partial charge < -0.3 is 19.5 Å². The quantitative estimate of drug-likeness (QED) is 0.722. The number of hydrogen-bond acceptors (Lipinski definition) is 4. The third-order valence-electron chi connectivity index (χ3n) is 3.18. The van der Waals surface area contributed by atoms with Gasteiger partial charge >= 0.3 is 0 Å². The highest BCUT2D eigenvalue weighted by atomic mass is 79.9. The van der Waals surface area contributed by atoms with Crippen LogP contribution in [-0.2, 0) is 11.3 Å². The zero-order valence-corrected chi connectivity index (χ0v) is 14.4. The van der Waals surface area contributed by atoms with Crippen LogP contribution in [0.2, 0.25) is 0 Å². The van der Waals surface area contributed by atoms with E-state index in [4.69, 9.17) is 14.2 Å². The summed E-state index contributed by atoms with van der Waals surface area (Å²) in [4.78, 5) is 0. The van der Waals surface area contributed by atoms with Crippen molar-refractivity contribution in [1.82, 2.24) is 5.32 Å². The predicted octanol–water partition coefficient (Wildman–Crippen LogP) is 3.52. The standard InChI is InChI=1S/C16H24BrNO3/c1-12(2)19-6-4-3-5-18-11-13-9-14(17)16-15(10-13)20-7-8-21-16/h9-10,12,18H,3-8,11H2,1-2H3. The second kappa shape index (κ2) is 8.61. The number of hydrogen-bond donors (Lipinski definition) is 1. The van der Waals surface area contributed by atoms with Gasteiger partial charge in [-0.15, -0.1) is 0 Å². The molecule has 1 aromatic rings. The van der Waals surface area contributed by atoms with E-state index < -0.39 is 0 Å². The molecule has 1 N–H and O–H groups in total. The number of nitrogens with one attached hydrogen (secondary N) is 1. The van der Waals surface area contributed by atoms with Gasteiger partial charge in [0, 0.05) is 13.2 Å². The smallest absolute Gasteiger partial charge is 0.175 e. The zero-order chi connectivity index (χ0) is 15.1. The molecule has 0 amide bonds. The van der Waals surface area contributed by atoms with E-state index >= 15 is 0 Å². The van der Waals surface area contributed by atoms with Crippen molar-refractivity contribution >= 4 is 15.9 Å². The fourth-order valence-corrected chi connectivity index (χ4v) is 2.77. The first-order valence-corrected chi connectivity index (χ1v) is 8.36. The lowest BCUT2D eigenvalue weighted by Crippen LogP contribution is -2.18. The summed E-state index contributed by atoms with van der Waals surface area (Å²) in [7, 11) is 0. The van der Waals surface area contributed by atoms with Crippen molar-refractivity contribution in [2.24, 2.45) is 0 Å². The number of benzene rings is 1. The van der Waals surface area contributed by atoms with Crippen LogP contribution in [0.5, 0.6) is 11.5 Å².